The van der Waals surface area contributed by atoms with Gasteiger partial charge in [0.15, 0.2) is 0 Å². The number of hydrogen-bond donors (Lipinski definition) is 1. The molecular formula is C11H15N3S2. The topological polar surface area (TPSA) is 37.8 Å². The Bertz CT molecular complexity index is 422. The third kappa shape index (κ3) is 2.87. The Morgan fingerprint density at radius 1 is 1.44 bits per heavy atom. The lowest BCUT2D eigenvalue weighted by Gasteiger charge is -2.08. The summed E-state index contributed by atoms with van der Waals surface area (Å²) in [4.78, 5) is 10.0. The molecule has 0 radical (unpaired) electrons. The molecule has 16 heavy (non-hydrogen) atoms. The van der Waals surface area contributed by atoms with Crippen LogP contribution in [0.15, 0.2) is 17.8 Å². The number of aromatic nitrogens is 2. The molecule has 0 saturated heterocycles. The molecule has 3 nitrogen and oxygen atoms in total. The quantitative estimate of drug-likeness (QED) is 0.890. The van der Waals surface area contributed by atoms with Crippen molar-refractivity contribution in [3.05, 3.63) is 32.7 Å². The minimum Gasteiger partial charge on any atom is -0.302 e. The van der Waals surface area contributed by atoms with Crippen molar-refractivity contribution in [2.45, 2.75) is 32.9 Å². The Morgan fingerprint density at radius 3 is 2.94 bits per heavy atom. The van der Waals surface area contributed by atoms with E-state index in [4.69, 9.17) is 0 Å². The molecule has 86 valence electrons. The highest BCUT2D eigenvalue weighted by atomic mass is 32.1. The molecule has 0 aromatic carbocycles. The summed E-state index contributed by atoms with van der Waals surface area (Å²) in [6.07, 6.45) is 4.88. The van der Waals surface area contributed by atoms with E-state index in [1.54, 1.807) is 22.7 Å². The van der Waals surface area contributed by atoms with E-state index in [1.807, 2.05) is 17.8 Å². The summed E-state index contributed by atoms with van der Waals surface area (Å²) in [6, 6.07) is 0.300. The van der Waals surface area contributed by atoms with E-state index >= 15 is 0 Å². The van der Waals surface area contributed by atoms with Crippen LogP contribution in [0.25, 0.3) is 0 Å². The molecule has 0 aliphatic rings. The number of rotatable bonds is 5. The van der Waals surface area contributed by atoms with Crippen molar-refractivity contribution in [2.24, 2.45) is 0 Å². The van der Waals surface area contributed by atoms with Crippen molar-refractivity contribution in [3.63, 3.8) is 0 Å². The molecule has 2 rings (SSSR count). The summed E-state index contributed by atoms with van der Waals surface area (Å²) in [7, 11) is 0. The molecule has 0 aliphatic carbocycles. The first-order chi connectivity index (χ1) is 7.79. The number of hydrogen-bond acceptors (Lipinski definition) is 5. The van der Waals surface area contributed by atoms with Gasteiger partial charge in [0.05, 0.1) is 6.04 Å². The van der Waals surface area contributed by atoms with E-state index in [2.05, 4.69) is 29.1 Å². The maximum Gasteiger partial charge on any atom is 0.109 e. The van der Waals surface area contributed by atoms with E-state index in [0.29, 0.717) is 6.04 Å². The highest BCUT2D eigenvalue weighted by Crippen LogP contribution is 2.17. The van der Waals surface area contributed by atoms with E-state index in [1.165, 1.54) is 4.88 Å². The predicted molar refractivity (Wildman–Crippen MR) is 68.9 cm³/mol. The van der Waals surface area contributed by atoms with Crippen LogP contribution in [0, 0.1) is 0 Å². The molecule has 1 atom stereocenters. The summed E-state index contributed by atoms with van der Waals surface area (Å²) in [6.45, 7) is 5.11. The molecule has 0 saturated carbocycles. The zero-order valence-corrected chi connectivity index (χ0v) is 11.1. The summed E-state index contributed by atoms with van der Waals surface area (Å²) >= 11 is 3.47. The standard InChI is InChI=1S/C11H15N3S2/c1-3-9-6-14-10(16-9)7-13-8(2)11-12-4-5-15-11/h4-6,8,13H,3,7H2,1-2H3. The van der Waals surface area contributed by atoms with E-state index in [0.717, 1.165) is 23.0 Å². The van der Waals surface area contributed by atoms with Crippen LogP contribution in [0.1, 0.15) is 34.8 Å². The molecule has 0 aliphatic heterocycles. The van der Waals surface area contributed by atoms with Gasteiger partial charge in [-0.3, -0.25) is 0 Å². The molecule has 0 bridgehead atoms. The van der Waals surface area contributed by atoms with E-state index in [-0.39, 0.29) is 0 Å². The van der Waals surface area contributed by atoms with Gasteiger partial charge in [-0.05, 0) is 13.3 Å². The lowest BCUT2D eigenvalue weighted by Crippen LogP contribution is -2.17. The monoisotopic (exact) mass is 253 g/mol. The van der Waals surface area contributed by atoms with Crippen LogP contribution >= 0.6 is 22.7 Å². The molecule has 2 heterocycles. The fourth-order valence-corrected chi connectivity index (χ4v) is 2.85. The Morgan fingerprint density at radius 2 is 2.31 bits per heavy atom. The summed E-state index contributed by atoms with van der Waals surface area (Å²) in [5.41, 5.74) is 0. The number of aryl methyl sites for hydroxylation is 1. The molecule has 0 fully saturated rings. The minimum atomic E-state index is 0.300. The molecule has 1 unspecified atom stereocenters. The first-order valence-corrected chi connectivity index (χ1v) is 7.05. The Labute approximate surface area is 104 Å². The molecule has 1 N–H and O–H groups in total. The predicted octanol–water partition coefficient (Wildman–Crippen LogP) is 3.01. The Kier molecular flexibility index (Phi) is 4.04. The average molecular weight is 253 g/mol. The fraction of sp³-hybridized carbons (Fsp3) is 0.455. The van der Waals surface area contributed by atoms with Crippen molar-refractivity contribution in [3.8, 4) is 0 Å². The highest BCUT2D eigenvalue weighted by molar-refractivity contribution is 7.11. The second-order valence-electron chi connectivity index (χ2n) is 3.55. The fourth-order valence-electron chi connectivity index (χ4n) is 1.37. The van der Waals surface area contributed by atoms with Crippen LogP contribution in [0.3, 0.4) is 0 Å². The summed E-state index contributed by atoms with van der Waals surface area (Å²) in [5, 5.41) is 7.73. The molecular weight excluding hydrogens is 238 g/mol. The van der Waals surface area contributed by atoms with Crippen molar-refractivity contribution in [1.82, 2.24) is 15.3 Å². The first-order valence-electron chi connectivity index (χ1n) is 5.36. The largest absolute Gasteiger partial charge is 0.302 e. The van der Waals surface area contributed by atoms with Crippen LogP contribution in [0.2, 0.25) is 0 Å². The van der Waals surface area contributed by atoms with Gasteiger partial charge in [-0.25, -0.2) is 9.97 Å². The van der Waals surface area contributed by atoms with Gasteiger partial charge in [-0.2, -0.15) is 0 Å². The van der Waals surface area contributed by atoms with Crippen LogP contribution in [-0.4, -0.2) is 9.97 Å². The van der Waals surface area contributed by atoms with Crippen molar-refractivity contribution in [1.29, 1.82) is 0 Å². The van der Waals surface area contributed by atoms with Gasteiger partial charge < -0.3 is 5.32 Å². The van der Waals surface area contributed by atoms with Crippen molar-refractivity contribution >= 4 is 22.7 Å². The zero-order valence-electron chi connectivity index (χ0n) is 9.43. The second kappa shape index (κ2) is 5.52. The van der Waals surface area contributed by atoms with Gasteiger partial charge in [0, 0.05) is 29.2 Å². The van der Waals surface area contributed by atoms with Crippen molar-refractivity contribution < 1.29 is 0 Å². The second-order valence-corrected chi connectivity index (χ2v) is 5.67. The van der Waals surface area contributed by atoms with Gasteiger partial charge in [0.25, 0.3) is 0 Å². The van der Waals surface area contributed by atoms with Crippen LogP contribution < -0.4 is 5.32 Å². The van der Waals surface area contributed by atoms with Gasteiger partial charge in [-0.15, -0.1) is 22.7 Å². The van der Waals surface area contributed by atoms with Gasteiger partial charge in [-0.1, -0.05) is 6.92 Å². The lowest BCUT2D eigenvalue weighted by molar-refractivity contribution is 0.570. The number of nitrogens with one attached hydrogen (secondary N) is 1. The van der Waals surface area contributed by atoms with Gasteiger partial charge in [0.1, 0.15) is 10.0 Å². The van der Waals surface area contributed by atoms with Crippen molar-refractivity contribution in [2.75, 3.05) is 0 Å². The molecule has 2 aromatic heterocycles. The van der Waals surface area contributed by atoms with Gasteiger partial charge in [0.2, 0.25) is 0 Å². The first kappa shape index (κ1) is 11.7. The summed E-state index contributed by atoms with van der Waals surface area (Å²) in [5.74, 6) is 0. The molecule has 0 amide bonds. The van der Waals surface area contributed by atoms with E-state index < -0.39 is 0 Å². The summed E-state index contributed by atoms with van der Waals surface area (Å²) < 4.78 is 0. The van der Waals surface area contributed by atoms with Gasteiger partial charge >= 0.3 is 0 Å². The number of nitrogens with zero attached hydrogens (tertiary/aromatic N) is 2. The minimum absolute atomic E-state index is 0.300. The SMILES string of the molecule is CCc1cnc(CNC(C)c2nccs2)s1. The Balaban J connectivity index is 1.87. The highest BCUT2D eigenvalue weighted by Gasteiger charge is 2.08. The smallest absolute Gasteiger partial charge is 0.109 e. The zero-order chi connectivity index (χ0) is 11.4. The normalized spacial score (nSPS) is 12.9. The molecule has 0 spiro atoms. The maximum absolute atomic E-state index is 4.38. The molecule has 5 heteroatoms. The Hall–Kier alpha value is -0.780. The lowest BCUT2D eigenvalue weighted by atomic mass is 10.3. The molecule has 2 aromatic rings. The average Bonchev–Trinajstić information content (AvgIpc) is 2.96. The van der Waals surface area contributed by atoms with Crippen LogP contribution in [0.4, 0.5) is 0 Å². The van der Waals surface area contributed by atoms with E-state index in [9.17, 15) is 0 Å². The van der Waals surface area contributed by atoms with Crippen LogP contribution in [-0.2, 0) is 13.0 Å². The third-order valence-corrected chi connectivity index (χ3v) is 4.43. The van der Waals surface area contributed by atoms with Crippen LogP contribution in [0.5, 0.6) is 0 Å². The third-order valence-electron chi connectivity index (χ3n) is 2.33. The maximum atomic E-state index is 4.38. The number of thiazole rings is 2.